The molecule has 0 saturated carbocycles. The topological polar surface area (TPSA) is 64.1 Å². The van der Waals surface area contributed by atoms with Crippen molar-refractivity contribution < 1.29 is 0 Å². The maximum absolute atomic E-state index is 5.83. The highest BCUT2D eigenvalue weighted by molar-refractivity contribution is 7.80. The van der Waals surface area contributed by atoms with E-state index in [9.17, 15) is 0 Å². The first-order valence-electron chi connectivity index (χ1n) is 5.69. The molecule has 6 heteroatoms. The summed E-state index contributed by atoms with van der Waals surface area (Å²) < 4.78 is 0. The predicted octanol–water partition coefficient (Wildman–Crippen LogP) is 0.416. The van der Waals surface area contributed by atoms with Gasteiger partial charge in [0.15, 0.2) is 0 Å². The summed E-state index contributed by atoms with van der Waals surface area (Å²) in [6.07, 6.45) is 2.09. The molecule has 3 nitrogen and oxygen atoms in total. The van der Waals surface area contributed by atoms with Gasteiger partial charge in [0, 0.05) is 30.1 Å². The SMILES string of the molecule is NC[C@H](CS)NC[C@H](CS)CC[C@@H](N)CS. The second kappa shape index (κ2) is 11.0. The van der Waals surface area contributed by atoms with Crippen LogP contribution in [0.4, 0.5) is 0 Å². The van der Waals surface area contributed by atoms with E-state index in [1.54, 1.807) is 0 Å². The fourth-order valence-electron chi connectivity index (χ4n) is 1.35. The molecule has 0 saturated heterocycles. The second-order valence-electron chi connectivity index (χ2n) is 4.09. The van der Waals surface area contributed by atoms with Crippen LogP contribution < -0.4 is 16.8 Å². The molecule has 0 aliphatic carbocycles. The molecule has 98 valence electrons. The van der Waals surface area contributed by atoms with Gasteiger partial charge >= 0.3 is 0 Å². The molecule has 0 rings (SSSR count). The maximum atomic E-state index is 5.83. The Morgan fingerprint density at radius 2 is 1.69 bits per heavy atom. The van der Waals surface area contributed by atoms with Crippen molar-refractivity contribution in [3.63, 3.8) is 0 Å². The van der Waals surface area contributed by atoms with Crippen LogP contribution in [0.1, 0.15) is 12.8 Å². The van der Waals surface area contributed by atoms with Crippen LogP contribution in [0.15, 0.2) is 0 Å². The minimum absolute atomic E-state index is 0.195. The Labute approximate surface area is 116 Å². The maximum Gasteiger partial charge on any atom is 0.0278 e. The summed E-state index contributed by atoms with van der Waals surface area (Å²) in [5.41, 5.74) is 11.4. The van der Waals surface area contributed by atoms with Gasteiger partial charge in [-0.15, -0.1) is 0 Å². The zero-order valence-corrected chi connectivity index (χ0v) is 12.4. The average Bonchev–Trinajstić information content (AvgIpc) is 2.33. The lowest BCUT2D eigenvalue weighted by Gasteiger charge is -2.20. The van der Waals surface area contributed by atoms with Gasteiger partial charge in [-0.25, -0.2) is 0 Å². The van der Waals surface area contributed by atoms with E-state index in [-0.39, 0.29) is 6.04 Å². The molecule has 0 spiro atoms. The molecule has 0 radical (unpaired) electrons. The molecule has 0 heterocycles. The minimum atomic E-state index is 0.195. The fourth-order valence-corrected chi connectivity index (χ4v) is 2.13. The van der Waals surface area contributed by atoms with Crippen LogP contribution in [-0.4, -0.2) is 42.4 Å². The van der Waals surface area contributed by atoms with Crippen LogP contribution in [0.3, 0.4) is 0 Å². The van der Waals surface area contributed by atoms with Crippen LogP contribution in [-0.2, 0) is 0 Å². The lowest BCUT2D eigenvalue weighted by Crippen LogP contribution is -2.40. The molecule has 16 heavy (non-hydrogen) atoms. The molecule has 0 aromatic carbocycles. The van der Waals surface area contributed by atoms with Gasteiger partial charge in [-0.1, -0.05) is 0 Å². The van der Waals surface area contributed by atoms with Crippen LogP contribution in [0.2, 0.25) is 0 Å². The van der Waals surface area contributed by atoms with Crippen LogP contribution in [0, 0.1) is 5.92 Å². The van der Waals surface area contributed by atoms with E-state index in [0.29, 0.717) is 18.5 Å². The molecule has 0 aromatic rings. The van der Waals surface area contributed by atoms with Gasteiger partial charge in [-0.2, -0.15) is 37.9 Å². The standard InChI is InChI=1S/C10H25N3S3/c11-3-10(7-16)13-4-8(5-14)1-2-9(12)6-15/h8-10,13-16H,1-7,11-12H2/t8-,9-,10-/m1/s1. The van der Waals surface area contributed by atoms with Gasteiger partial charge in [0.1, 0.15) is 0 Å². The highest BCUT2D eigenvalue weighted by atomic mass is 32.1. The smallest absolute Gasteiger partial charge is 0.0278 e. The quantitative estimate of drug-likeness (QED) is 0.329. The monoisotopic (exact) mass is 283 g/mol. The summed E-state index contributed by atoms with van der Waals surface area (Å²) >= 11 is 12.8. The van der Waals surface area contributed by atoms with Crippen LogP contribution in [0.25, 0.3) is 0 Å². The Morgan fingerprint density at radius 1 is 1.00 bits per heavy atom. The zero-order valence-electron chi connectivity index (χ0n) is 9.68. The number of rotatable bonds is 10. The normalized spacial score (nSPS) is 17.1. The number of nitrogens with two attached hydrogens (primary N) is 2. The summed E-state index contributed by atoms with van der Waals surface area (Å²) in [7, 11) is 0. The molecular weight excluding hydrogens is 258 g/mol. The van der Waals surface area contributed by atoms with Crippen molar-refractivity contribution in [3.05, 3.63) is 0 Å². The Balaban J connectivity index is 3.73. The summed E-state index contributed by atoms with van der Waals surface area (Å²) in [6, 6.07) is 0.491. The molecule has 0 aliphatic heterocycles. The average molecular weight is 284 g/mol. The van der Waals surface area contributed by atoms with Crippen molar-refractivity contribution >= 4 is 37.9 Å². The van der Waals surface area contributed by atoms with E-state index in [4.69, 9.17) is 11.5 Å². The summed E-state index contributed by atoms with van der Waals surface area (Å²) in [4.78, 5) is 0. The first-order valence-corrected chi connectivity index (χ1v) is 7.59. The summed E-state index contributed by atoms with van der Waals surface area (Å²) in [5, 5.41) is 3.40. The van der Waals surface area contributed by atoms with Crippen LogP contribution in [0.5, 0.6) is 0 Å². The van der Waals surface area contributed by atoms with Gasteiger partial charge in [0.2, 0.25) is 0 Å². The summed E-state index contributed by atoms with van der Waals surface area (Å²) in [5.74, 6) is 2.93. The number of hydrogen-bond acceptors (Lipinski definition) is 6. The molecule has 0 bridgehead atoms. The molecular formula is C10H25N3S3. The van der Waals surface area contributed by atoms with Gasteiger partial charge in [-0.3, -0.25) is 0 Å². The third-order valence-electron chi connectivity index (χ3n) is 2.64. The van der Waals surface area contributed by atoms with Crippen molar-refractivity contribution in [3.8, 4) is 0 Å². The largest absolute Gasteiger partial charge is 0.329 e. The van der Waals surface area contributed by atoms with Crippen molar-refractivity contribution in [1.29, 1.82) is 0 Å². The summed E-state index contributed by atoms with van der Waals surface area (Å²) in [6.45, 7) is 1.56. The van der Waals surface area contributed by atoms with Gasteiger partial charge in [0.25, 0.3) is 0 Å². The van der Waals surface area contributed by atoms with Crippen molar-refractivity contribution in [2.75, 3.05) is 30.3 Å². The molecule has 0 aliphatic rings. The van der Waals surface area contributed by atoms with E-state index in [0.717, 1.165) is 36.6 Å². The first-order chi connectivity index (χ1) is 7.67. The lowest BCUT2D eigenvalue weighted by atomic mass is 10.0. The fraction of sp³-hybridized carbons (Fsp3) is 1.00. The molecule has 3 atom stereocenters. The zero-order chi connectivity index (χ0) is 12.4. The Bertz CT molecular complexity index is 156. The molecule has 5 N–H and O–H groups in total. The van der Waals surface area contributed by atoms with Gasteiger partial charge in [0.05, 0.1) is 0 Å². The Morgan fingerprint density at radius 3 is 2.12 bits per heavy atom. The highest BCUT2D eigenvalue weighted by Gasteiger charge is 2.11. The molecule has 0 amide bonds. The van der Waals surface area contributed by atoms with Crippen molar-refractivity contribution in [2.45, 2.75) is 24.9 Å². The van der Waals surface area contributed by atoms with E-state index < -0.39 is 0 Å². The third-order valence-corrected chi connectivity index (χ3v) is 4.06. The number of hydrogen-bond donors (Lipinski definition) is 6. The van der Waals surface area contributed by atoms with E-state index in [1.807, 2.05) is 0 Å². The van der Waals surface area contributed by atoms with E-state index >= 15 is 0 Å². The molecule has 0 fully saturated rings. The highest BCUT2D eigenvalue weighted by Crippen LogP contribution is 2.10. The number of thiol groups is 3. The predicted molar refractivity (Wildman–Crippen MR) is 83.1 cm³/mol. The van der Waals surface area contributed by atoms with E-state index in [1.165, 1.54) is 0 Å². The first kappa shape index (κ1) is 16.9. The van der Waals surface area contributed by atoms with Gasteiger partial charge < -0.3 is 16.8 Å². The Kier molecular flexibility index (Phi) is 11.7. The van der Waals surface area contributed by atoms with Gasteiger partial charge in [-0.05, 0) is 31.1 Å². The Hall–Kier alpha value is 0.930. The minimum Gasteiger partial charge on any atom is -0.329 e. The van der Waals surface area contributed by atoms with E-state index in [2.05, 4.69) is 43.2 Å². The van der Waals surface area contributed by atoms with Crippen molar-refractivity contribution in [1.82, 2.24) is 5.32 Å². The number of nitrogens with one attached hydrogen (secondary N) is 1. The van der Waals surface area contributed by atoms with Crippen LogP contribution >= 0.6 is 37.9 Å². The van der Waals surface area contributed by atoms with Crippen molar-refractivity contribution in [2.24, 2.45) is 17.4 Å². The molecule has 0 aromatic heterocycles. The lowest BCUT2D eigenvalue weighted by molar-refractivity contribution is 0.431. The molecule has 0 unspecified atom stereocenters. The third kappa shape index (κ3) is 8.08. The second-order valence-corrected chi connectivity index (χ2v) is 5.19.